The molecule has 72 valence electrons. The molecule has 0 heterocycles. The number of rotatable bonds is 3. The van der Waals surface area contributed by atoms with Crippen molar-refractivity contribution in [3.63, 3.8) is 0 Å². The second kappa shape index (κ2) is 4.26. The van der Waals surface area contributed by atoms with Gasteiger partial charge in [-0.15, -0.1) is 0 Å². The minimum absolute atomic E-state index is 0.184. The minimum atomic E-state index is -0.214. The molecule has 0 saturated carbocycles. The lowest BCUT2D eigenvalue weighted by molar-refractivity contribution is 0.215. The summed E-state index contributed by atoms with van der Waals surface area (Å²) in [6.45, 7) is 5.91. The summed E-state index contributed by atoms with van der Waals surface area (Å²) in [6.07, 6.45) is 1.14. The molecule has 0 aliphatic heterocycles. The third kappa shape index (κ3) is 2.72. The number of aryl methyl sites for hydroxylation is 1. The van der Waals surface area contributed by atoms with Gasteiger partial charge in [0.1, 0.15) is 11.6 Å². The quantitative estimate of drug-likeness (QED) is 0.696. The lowest BCUT2D eigenvalue weighted by atomic mass is 10.2. The van der Waals surface area contributed by atoms with E-state index in [9.17, 15) is 4.39 Å². The van der Waals surface area contributed by atoms with Gasteiger partial charge in [-0.05, 0) is 44.0 Å². The minimum Gasteiger partial charge on any atom is -0.490 e. The van der Waals surface area contributed by atoms with Gasteiger partial charge in [0.15, 0.2) is 0 Å². The second-order valence-electron chi connectivity index (χ2n) is 3.25. The van der Waals surface area contributed by atoms with Crippen molar-refractivity contribution < 1.29 is 9.13 Å². The first kappa shape index (κ1) is 10.0. The summed E-state index contributed by atoms with van der Waals surface area (Å²) in [5, 5.41) is 0. The molecule has 1 atom stereocenters. The largest absolute Gasteiger partial charge is 0.490 e. The SMILES string of the molecule is CCC(C)Oc1ccc(F)cc1C. The Morgan fingerprint density at radius 1 is 1.46 bits per heavy atom. The van der Waals surface area contributed by atoms with Crippen LogP contribution in [0.2, 0.25) is 0 Å². The molecular formula is C11H15FO. The molecule has 1 nitrogen and oxygen atoms in total. The van der Waals surface area contributed by atoms with Gasteiger partial charge < -0.3 is 4.74 Å². The van der Waals surface area contributed by atoms with E-state index in [1.807, 2.05) is 13.8 Å². The Bertz CT molecular complexity index is 283. The predicted octanol–water partition coefficient (Wildman–Crippen LogP) is 3.31. The first-order valence-corrected chi connectivity index (χ1v) is 4.56. The molecule has 1 aromatic carbocycles. The Labute approximate surface area is 78.5 Å². The first-order valence-electron chi connectivity index (χ1n) is 4.56. The van der Waals surface area contributed by atoms with E-state index in [-0.39, 0.29) is 11.9 Å². The van der Waals surface area contributed by atoms with Crippen LogP contribution >= 0.6 is 0 Å². The van der Waals surface area contributed by atoms with Gasteiger partial charge in [-0.3, -0.25) is 0 Å². The highest BCUT2D eigenvalue weighted by Gasteiger charge is 2.04. The smallest absolute Gasteiger partial charge is 0.123 e. The molecule has 1 unspecified atom stereocenters. The average Bonchev–Trinajstić information content (AvgIpc) is 2.09. The zero-order valence-corrected chi connectivity index (χ0v) is 8.30. The number of hydrogen-bond acceptors (Lipinski definition) is 1. The Morgan fingerprint density at radius 2 is 2.15 bits per heavy atom. The van der Waals surface area contributed by atoms with Crippen LogP contribution in [0.1, 0.15) is 25.8 Å². The molecule has 2 heteroatoms. The topological polar surface area (TPSA) is 9.23 Å². The van der Waals surface area contributed by atoms with Gasteiger partial charge in [0.05, 0.1) is 6.10 Å². The van der Waals surface area contributed by atoms with E-state index in [0.29, 0.717) is 0 Å². The summed E-state index contributed by atoms with van der Waals surface area (Å²) in [5.74, 6) is 0.560. The lowest BCUT2D eigenvalue weighted by Gasteiger charge is -2.14. The highest BCUT2D eigenvalue weighted by molar-refractivity contribution is 5.32. The van der Waals surface area contributed by atoms with E-state index in [4.69, 9.17) is 4.74 Å². The molecule has 0 aliphatic rings. The van der Waals surface area contributed by atoms with Gasteiger partial charge in [0.2, 0.25) is 0 Å². The van der Waals surface area contributed by atoms with E-state index in [2.05, 4.69) is 6.92 Å². The van der Waals surface area contributed by atoms with Crippen molar-refractivity contribution >= 4 is 0 Å². The van der Waals surface area contributed by atoms with Gasteiger partial charge in [-0.25, -0.2) is 4.39 Å². The summed E-state index contributed by atoms with van der Waals surface area (Å²) < 4.78 is 18.3. The van der Waals surface area contributed by atoms with Crippen LogP contribution in [0, 0.1) is 12.7 Å². The Hall–Kier alpha value is -1.05. The van der Waals surface area contributed by atoms with E-state index in [1.54, 1.807) is 6.07 Å². The van der Waals surface area contributed by atoms with Crippen LogP contribution in [0.3, 0.4) is 0 Å². The zero-order valence-electron chi connectivity index (χ0n) is 8.30. The van der Waals surface area contributed by atoms with Gasteiger partial charge in [-0.2, -0.15) is 0 Å². The Morgan fingerprint density at radius 3 is 2.69 bits per heavy atom. The van der Waals surface area contributed by atoms with Crippen molar-refractivity contribution in [2.75, 3.05) is 0 Å². The maximum absolute atomic E-state index is 12.7. The highest BCUT2D eigenvalue weighted by Crippen LogP contribution is 2.20. The third-order valence-corrected chi connectivity index (χ3v) is 2.04. The standard InChI is InChI=1S/C11H15FO/c1-4-9(3)13-11-6-5-10(12)7-8(11)2/h5-7,9H,4H2,1-3H3. The number of halogens is 1. The van der Waals surface area contributed by atoms with E-state index in [1.165, 1.54) is 12.1 Å². The van der Waals surface area contributed by atoms with Crippen LogP contribution in [0.5, 0.6) is 5.75 Å². The molecule has 1 rings (SSSR count). The third-order valence-electron chi connectivity index (χ3n) is 2.04. The molecule has 0 N–H and O–H groups in total. The van der Waals surface area contributed by atoms with E-state index < -0.39 is 0 Å². The molecule has 0 fully saturated rings. The molecular weight excluding hydrogens is 167 g/mol. The number of ether oxygens (including phenoxy) is 1. The first-order chi connectivity index (χ1) is 6.13. The molecule has 0 aliphatic carbocycles. The predicted molar refractivity (Wildman–Crippen MR) is 51.5 cm³/mol. The van der Waals surface area contributed by atoms with Crippen LogP contribution in [0.4, 0.5) is 4.39 Å². The number of hydrogen-bond donors (Lipinski definition) is 0. The monoisotopic (exact) mass is 182 g/mol. The summed E-state index contributed by atoms with van der Waals surface area (Å²) in [5.41, 5.74) is 0.848. The van der Waals surface area contributed by atoms with E-state index >= 15 is 0 Å². The Kier molecular flexibility index (Phi) is 3.29. The maximum Gasteiger partial charge on any atom is 0.123 e. The molecule has 0 saturated heterocycles. The molecule has 0 radical (unpaired) electrons. The second-order valence-corrected chi connectivity index (χ2v) is 3.25. The van der Waals surface area contributed by atoms with Crippen molar-refractivity contribution in [3.8, 4) is 5.75 Å². The normalized spacial score (nSPS) is 12.6. The molecule has 0 aromatic heterocycles. The molecule has 13 heavy (non-hydrogen) atoms. The maximum atomic E-state index is 12.7. The van der Waals surface area contributed by atoms with Crippen molar-refractivity contribution in [1.82, 2.24) is 0 Å². The van der Waals surface area contributed by atoms with Crippen molar-refractivity contribution in [2.45, 2.75) is 33.3 Å². The molecule has 1 aromatic rings. The van der Waals surface area contributed by atoms with E-state index in [0.717, 1.165) is 17.7 Å². The summed E-state index contributed by atoms with van der Waals surface area (Å²) >= 11 is 0. The molecule has 0 spiro atoms. The van der Waals surface area contributed by atoms with Crippen LogP contribution < -0.4 is 4.74 Å². The van der Waals surface area contributed by atoms with Gasteiger partial charge in [0.25, 0.3) is 0 Å². The van der Waals surface area contributed by atoms with Gasteiger partial charge in [-0.1, -0.05) is 6.92 Å². The molecule has 0 amide bonds. The summed E-state index contributed by atoms with van der Waals surface area (Å²) in [4.78, 5) is 0. The molecule has 0 bridgehead atoms. The zero-order chi connectivity index (χ0) is 9.84. The fourth-order valence-electron chi connectivity index (χ4n) is 1.05. The highest BCUT2D eigenvalue weighted by atomic mass is 19.1. The summed E-state index contributed by atoms with van der Waals surface area (Å²) in [6, 6.07) is 4.58. The van der Waals surface area contributed by atoms with Crippen molar-refractivity contribution in [3.05, 3.63) is 29.6 Å². The van der Waals surface area contributed by atoms with Crippen LogP contribution in [-0.4, -0.2) is 6.10 Å². The lowest BCUT2D eigenvalue weighted by Crippen LogP contribution is -2.10. The van der Waals surface area contributed by atoms with Gasteiger partial charge in [0, 0.05) is 0 Å². The fourth-order valence-corrected chi connectivity index (χ4v) is 1.05. The van der Waals surface area contributed by atoms with Crippen LogP contribution in [0.25, 0.3) is 0 Å². The summed E-state index contributed by atoms with van der Waals surface area (Å²) in [7, 11) is 0. The Balaban J connectivity index is 2.77. The number of benzene rings is 1. The average molecular weight is 182 g/mol. The van der Waals surface area contributed by atoms with Crippen LogP contribution in [0.15, 0.2) is 18.2 Å². The van der Waals surface area contributed by atoms with Crippen molar-refractivity contribution in [1.29, 1.82) is 0 Å². The van der Waals surface area contributed by atoms with Crippen LogP contribution in [-0.2, 0) is 0 Å². The van der Waals surface area contributed by atoms with Crippen molar-refractivity contribution in [2.24, 2.45) is 0 Å². The fraction of sp³-hybridized carbons (Fsp3) is 0.455. The van der Waals surface area contributed by atoms with Gasteiger partial charge >= 0.3 is 0 Å².